The van der Waals surface area contributed by atoms with Crippen LogP contribution in [0.15, 0.2) is 97.1 Å². The maximum atomic E-state index is 12.7. The summed E-state index contributed by atoms with van der Waals surface area (Å²) in [6.45, 7) is 4.05. The van der Waals surface area contributed by atoms with Gasteiger partial charge in [-0.15, -0.1) is 0 Å². The van der Waals surface area contributed by atoms with Crippen molar-refractivity contribution >= 4 is 10.8 Å². The fourth-order valence-corrected chi connectivity index (χ4v) is 4.97. The average molecular weight is 380 g/mol. The van der Waals surface area contributed by atoms with Crippen molar-refractivity contribution in [3.63, 3.8) is 0 Å². The van der Waals surface area contributed by atoms with Crippen LogP contribution in [0.2, 0.25) is 0 Å². The third kappa shape index (κ3) is 2.37. The van der Waals surface area contributed by atoms with Crippen molar-refractivity contribution in [3.8, 4) is 0 Å². The molecule has 0 saturated carbocycles. The van der Waals surface area contributed by atoms with Crippen LogP contribution in [0, 0.1) is 0 Å². The molecule has 0 radical (unpaired) electrons. The van der Waals surface area contributed by atoms with E-state index in [-0.39, 0.29) is 6.10 Å². The smallest absolute Gasteiger partial charge is 0.156 e. The number of rotatable bonds is 4. The van der Waals surface area contributed by atoms with Crippen LogP contribution in [-0.4, -0.2) is 11.2 Å². The molecule has 0 aliphatic heterocycles. The second kappa shape index (κ2) is 6.55. The molecule has 5 rings (SSSR count). The first-order valence-corrected chi connectivity index (χ1v) is 10.1. The highest BCUT2D eigenvalue weighted by Crippen LogP contribution is 2.60. The Bertz CT molecular complexity index is 1160. The summed E-state index contributed by atoms with van der Waals surface area (Å²) in [5, 5.41) is 14.9. The SMILES string of the molecule is CC(C)O[C@@]1(c2ccccc2)c2cccc3cccc(c23)[C@@]1(O)c1ccccc1. The summed E-state index contributed by atoms with van der Waals surface area (Å²) in [4.78, 5) is 0. The van der Waals surface area contributed by atoms with Crippen LogP contribution in [0.3, 0.4) is 0 Å². The molecule has 0 amide bonds. The fourth-order valence-electron chi connectivity index (χ4n) is 4.97. The molecule has 0 aromatic heterocycles. The molecule has 2 atom stereocenters. The van der Waals surface area contributed by atoms with E-state index in [0.717, 1.165) is 33.0 Å². The summed E-state index contributed by atoms with van der Waals surface area (Å²) in [6, 6.07) is 32.4. The third-order valence-corrected chi connectivity index (χ3v) is 5.97. The second-order valence-corrected chi connectivity index (χ2v) is 8.00. The van der Waals surface area contributed by atoms with Gasteiger partial charge in [-0.25, -0.2) is 0 Å². The summed E-state index contributed by atoms with van der Waals surface area (Å²) >= 11 is 0. The van der Waals surface area contributed by atoms with Crippen LogP contribution in [-0.2, 0) is 15.9 Å². The van der Waals surface area contributed by atoms with Gasteiger partial charge in [0.1, 0.15) is 0 Å². The summed E-state index contributed by atoms with van der Waals surface area (Å²) in [5.41, 5.74) is 1.27. The number of ether oxygens (including phenoxy) is 1. The Morgan fingerprint density at radius 2 is 1.21 bits per heavy atom. The molecular weight excluding hydrogens is 356 g/mol. The lowest BCUT2D eigenvalue weighted by atomic mass is 9.71. The zero-order valence-electron chi connectivity index (χ0n) is 16.7. The van der Waals surface area contributed by atoms with Crippen LogP contribution < -0.4 is 0 Å². The van der Waals surface area contributed by atoms with Gasteiger partial charge >= 0.3 is 0 Å². The van der Waals surface area contributed by atoms with Crippen molar-refractivity contribution in [2.24, 2.45) is 0 Å². The first-order chi connectivity index (χ1) is 14.1. The maximum absolute atomic E-state index is 12.7. The van der Waals surface area contributed by atoms with Crippen LogP contribution in [0.5, 0.6) is 0 Å². The third-order valence-electron chi connectivity index (χ3n) is 5.97. The summed E-state index contributed by atoms with van der Waals surface area (Å²) in [6.07, 6.45) is -0.0880. The Labute approximate surface area is 171 Å². The van der Waals surface area contributed by atoms with Gasteiger partial charge in [-0.1, -0.05) is 97.1 Å². The highest BCUT2D eigenvalue weighted by Gasteiger charge is 2.61. The first-order valence-electron chi connectivity index (χ1n) is 10.1. The molecule has 4 aromatic rings. The molecule has 4 aromatic carbocycles. The molecule has 1 aliphatic carbocycles. The van der Waals surface area contributed by atoms with Gasteiger partial charge in [0.15, 0.2) is 11.2 Å². The van der Waals surface area contributed by atoms with Gasteiger partial charge in [0.25, 0.3) is 0 Å². The van der Waals surface area contributed by atoms with Crippen LogP contribution >= 0.6 is 0 Å². The van der Waals surface area contributed by atoms with Crippen molar-refractivity contribution < 1.29 is 9.84 Å². The van der Waals surface area contributed by atoms with Crippen molar-refractivity contribution in [1.29, 1.82) is 0 Å². The lowest BCUT2D eigenvalue weighted by Gasteiger charge is -2.45. The largest absolute Gasteiger partial charge is 0.377 e. The van der Waals surface area contributed by atoms with Crippen molar-refractivity contribution in [3.05, 3.63) is 119 Å². The van der Waals surface area contributed by atoms with E-state index in [0.29, 0.717) is 0 Å². The highest BCUT2D eigenvalue weighted by molar-refractivity contribution is 5.95. The fraction of sp³-hybridized carbons (Fsp3) is 0.185. The molecule has 1 aliphatic rings. The minimum Gasteiger partial charge on any atom is -0.377 e. The van der Waals surface area contributed by atoms with E-state index in [4.69, 9.17) is 4.74 Å². The summed E-state index contributed by atoms with van der Waals surface area (Å²) < 4.78 is 6.78. The van der Waals surface area contributed by atoms with Crippen molar-refractivity contribution in [2.45, 2.75) is 31.2 Å². The van der Waals surface area contributed by atoms with Gasteiger partial charge in [-0.2, -0.15) is 0 Å². The quantitative estimate of drug-likeness (QED) is 0.488. The van der Waals surface area contributed by atoms with E-state index in [1.807, 2.05) is 74.5 Å². The molecule has 2 nitrogen and oxygen atoms in total. The number of hydrogen-bond donors (Lipinski definition) is 1. The zero-order valence-corrected chi connectivity index (χ0v) is 16.7. The van der Waals surface area contributed by atoms with E-state index in [2.05, 4.69) is 36.4 Å². The molecular formula is C27H24O2. The van der Waals surface area contributed by atoms with Gasteiger partial charge in [0.2, 0.25) is 0 Å². The lowest BCUT2D eigenvalue weighted by molar-refractivity contribution is -0.166. The predicted molar refractivity (Wildman–Crippen MR) is 117 cm³/mol. The van der Waals surface area contributed by atoms with Gasteiger partial charge in [0, 0.05) is 5.56 Å². The van der Waals surface area contributed by atoms with E-state index >= 15 is 0 Å². The summed E-state index contributed by atoms with van der Waals surface area (Å²) in [7, 11) is 0. The monoisotopic (exact) mass is 380 g/mol. The molecule has 144 valence electrons. The van der Waals surface area contributed by atoms with E-state index < -0.39 is 11.2 Å². The standard InChI is InChI=1S/C27H24O2/c1-19(2)29-27(22-15-7-4-8-16-22)24-18-10-12-20-11-9-17-23(25(20)24)26(27,28)21-13-5-3-6-14-21/h3-19,28H,1-2H3/t26-,27-/m0/s1. The van der Waals surface area contributed by atoms with Crippen molar-refractivity contribution in [2.75, 3.05) is 0 Å². The highest BCUT2D eigenvalue weighted by atomic mass is 16.5. The van der Waals surface area contributed by atoms with Gasteiger partial charge in [-0.05, 0) is 41.3 Å². The predicted octanol–water partition coefficient (Wildman–Crippen LogP) is 5.76. The summed E-state index contributed by atoms with van der Waals surface area (Å²) in [5.74, 6) is 0. The first kappa shape index (κ1) is 18.1. The number of aliphatic hydroxyl groups is 1. The Morgan fingerprint density at radius 3 is 1.79 bits per heavy atom. The van der Waals surface area contributed by atoms with Gasteiger partial charge in [0.05, 0.1) is 6.10 Å². The van der Waals surface area contributed by atoms with E-state index in [1.54, 1.807) is 0 Å². The number of hydrogen-bond acceptors (Lipinski definition) is 2. The topological polar surface area (TPSA) is 29.5 Å². The van der Waals surface area contributed by atoms with Gasteiger partial charge < -0.3 is 9.84 Å². The van der Waals surface area contributed by atoms with Crippen molar-refractivity contribution in [1.82, 2.24) is 0 Å². The molecule has 0 fully saturated rings. The van der Waals surface area contributed by atoms with E-state index in [1.165, 1.54) is 0 Å². The Hall–Kier alpha value is -2.94. The molecule has 0 unspecified atom stereocenters. The minimum absolute atomic E-state index is 0.0880. The van der Waals surface area contributed by atoms with E-state index in [9.17, 15) is 5.11 Å². The second-order valence-electron chi connectivity index (χ2n) is 8.00. The van der Waals surface area contributed by atoms with Crippen LogP contribution in [0.1, 0.15) is 36.1 Å². The zero-order chi connectivity index (χ0) is 20.1. The Balaban J connectivity index is 1.98. The lowest BCUT2D eigenvalue weighted by Crippen LogP contribution is -2.51. The maximum Gasteiger partial charge on any atom is 0.156 e. The molecule has 29 heavy (non-hydrogen) atoms. The normalized spacial score (nSPS) is 23.0. The minimum atomic E-state index is -1.36. The average Bonchev–Trinajstić information content (AvgIpc) is 2.98. The van der Waals surface area contributed by atoms with Crippen LogP contribution in [0.25, 0.3) is 10.8 Å². The van der Waals surface area contributed by atoms with Crippen LogP contribution in [0.4, 0.5) is 0 Å². The molecule has 0 bridgehead atoms. The number of benzene rings is 4. The molecule has 0 saturated heterocycles. The molecule has 0 heterocycles. The van der Waals surface area contributed by atoms with Gasteiger partial charge in [-0.3, -0.25) is 0 Å². The molecule has 1 N–H and O–H groups in total. The Kier molecular flexibility index (Phi) is 4.09. The Morgan fingerprint density at radius 1 is 0.655 bits per heavy atom. The molecule has 0 spiro atoms. The molecule has 2 heteroatoms.